The summed E-state index contributed by atoms with van der Waals surface area (Å²) in [5, 5.41) is 21.3. The zero-order valence-corrected chi connectivity index (χ0v) is 12.5. The molecule has 0 radical (unpaired) electrons. The fraction of sp³-hybridized carbons (Fsp3) is 0.889. The summed E-state index contributed by atoms with van der Waals surface area (Å²) in [5.74, 6) is -0.328. The summed E-state index contributed by atoms with van der Waals surface area (Å²) in [7, 11) is 0. The molecular formula is C18H32O2. The number of hydrogen-bond acceptors (Lipinski definition) is 2. The van der Waals surface area contributed by atoms with Crippen molar-refractivity contribution in [3.8, 4) is 0 Å². The third-order valence-electron chi connectivity index (χ3n) is 4.98. The van der Waals surface area contributed by atoms with Gasteiger partial charge in [-0.1, -0.05) is 25.7 Å². The third kappa shape index (κ3) is 3.12. The molecule has 0 spiro atoms. The Balaban J connectivity index is 2.77. The highest BCUT2D eigenvalue weighted by Gasteiger charge is 2.44. The van der Waals surface area contributed by atoms with Gasteiger partial charge < -0.3 is 10.2 Å². The molecule has 116 valence electrons. The minimum Gasteiger partial charge on any atom is -0.390 e. The van der Waals surface area contributed by atoms with E-state index < -0.39 is 48.6 Å². The van der Waals surface area contributed by atoms with Gasteiger partial charge >= 0.3 is 0 Å². The Kier molecular flexibility index (Phi) is 2.11. The van der Waals surface area contributed by atoms with E-state index in [4.69, 9.17) is 13.7 Å². The van der Waals surface area contributed by atoms with Crippen LogP contribution in [0.5, 0.6) is 0 Å². The second kappa shape index (κ2) is 5.81. The van der Waals surface area contributed by atoms with Crippen LogP contribution >= 0.6 is 0 Å². The molecule has 0 heterocycles. The lowest BCUT2D eigenvalue weighted by Crippen LogP contribution is -2.41. The maximum atomic E-state index is 10.8. The molecule has 0 aromatic heterocycles. The molecule has 0 saturated heterocycles. The molecule has 2 rings (SSSR count). The van der Waals surface area contributed by atoms with Crippen molar-refractivity contribution < 1.29 is 23.9 Å². The van der Waals surface area contributed by atoms with Crippen molar-refractivity contribution in [1.29, 1.82) is 0 Å². The predicted molar refractivity (Wildman–Crippen MR) is 83.5 cm³/mol. The van der Waals surface area contributed by atoms with Gasteiger partial charge in [0.2, 0.25) is 0 Å². The van der Waals surface area contributed by atoms with Gasteiger partial charge in [0.15, 0.2) is 0 Å². The minimum atomic E-state index is -3.58. The molecule has 2 heteroatoms. The molecule has 2 aliphatic carbocycles. The van der Waals surface area contributed by atoms with Gasteiger partial charge in [0, 0.05) is 12.3 Å². The van der Waals surface area contributed by atoms with Crippen LogP contribution in [0, 0.1) is 11.3 Å². The summed E-state index contributed by atoms with van der Waals surface area (Å²) in [6.45, 7) is 1.59. The predicted octanol–water partition coefficient (Wildman–Crippen LogP) is 4.21. The molecule has 3 atom stereocenters. The lowest BCUT2D eigenvalue weighted by atomic mass is 9.59. The van der Waals surface area contributed by atoms with Crippen LogP contribution in [0.15, 0.2) is 11.1 Å². The van der Waals surface area contributed by atoms with Crippen molar-refractivity contribution in [2.75, 3.05) is 0 Å². The van der Waals surface area contributed by atoms with Crippen LogP contribution in [0.1, 0.15) is 92.6 Å². The highest BCUT2D eigenvalue weighted by Crippen LogP contribution is 2.53. The van der Waals surface area contributed by atoms with E-state index in [1.165, 1.54) is 0 Å². The van der Waals surface area contributed by atoms with E-state index >= 15 is 0 Å². The van der Waals surface area contributed by atoms with E-state index in [0.717, 1.165) is 0 Å². The summed E-state index contributed by atoms with van der Waals surface area (Å²) < 4.78 is 79.9. The van der Waals surface area contributed by atoms with E-state index in [2.05, 4.69) is 0 Å². The van der Waals surface area contributed by atoms with Crippen molar-refractivity contribution in [3.63, 3.8) is 0 Å². The first-order chi connectivity index (χ1) is 13.0. The van der Waals surface area contributed by atoms with E-state index in [1.54, 1.807) is 13.8 Å². The van der Waals surface area contributed by atoms with Crippen molar-refractivity contribution >= 4 is 0 Å². The molecule has 1 fully saturated rings. The molecule has 0 aromatic carbocycles. The van der Waals surface area contributed by atoms with Gasteiger partial charge in [-0.2, -0.15) is 0 Å². The minimum absolute atomic E-state index is 0.114. The molecule has 0 aliphatic heterocycles. The van der Waals surface area contributed by atoms with Gasteiger partial charge in [-0.25, -0.2) is 0 Å². The quantitative estimate of drug-likeness (QED) is 0.762. The van der Waals surface area contributed by atoms with Gasteiger partial charge in [-0.05, 0) is 75.6 Å². The van der Waals surface area contributed by atoms with Gasteiger partial charge in [0.1, 0.15) is 0 Å². The number of rotatable bonds is 4. The Morgan fingerprint density at radius 2 is 2.15 bits per heavy atom. The summed E-state index contributed by atoms with van der Waals surface area (Å²) in [4.78, 5) is 0. The molecule has 0 aromatic rings. The molecule has 2 nitrogen and oxygen atoms in total. The second-order valence-electron chi connectivity index (χ2n) is 6.83. The zero-order valence-electron chi connectivity index (χ0n) is 22.5. The third-order valence-corrected chi connectivity index (χ3v) is 4.98. The van der Waals surface area contributed by atoms with Crippen LogP contribution in [0.4, 0.5) is 0 Å². The zero-order chi connectivity index (χ0) is 23.8. The van der Waals surface area contributed by atoms with Crippen LogP contribution in [0.2, 0.25) is 0 Å². The highest BCUT2D eigenvalue weighted by atomic mass is 16.3. The van der Waals surface area contributed by atoms with E-state index in [1.807, 2.05) is 6.92 Å². The molecule has 0 bridgehead atoms. The average Bonchev–Trinajstić information content (AvgIpc) is 2.52. The molecule has 20 heavy (non-hydrogen) atoms. The summed E-state index contributed by atoms with van der Waals surface area (Å²) in [6, 6.07) is 0. The van der Waals surface area contributed by atoms with E-state index in [9.17, 15) is 10.2 Å². The fourth-order valence-electron chi connectivity index (χ4n) is 3.46. The summed E-state index contributed by atoms with van der Waals surface area (Å²) in [5.41, 5.74) is -2.09. The molecule has 2 aliphatic rings. The lowest BCUT2D eigenvalue weighted by Gasteiger charge is -2.48. The first-order valence-electron chi connectivity index (χ1n) is 12.2. The van der Waals surface area contributed by atoms with Gasteiger partial charge in [0.25, 0.3) is 0 Å². The molecule has 2 N–H and O–H groups in total. The standard InChI is InChI=1S/C18H32O2/c1-5-6-7-14-15-12-13(17(2,3)20)8-10-18(15,4)11-9-16(14)19/h13,16,19-20H,5-12H2,1-4H3/t13-,16?,18-/m1/s1/i1D3,5D2,6D2,7D2,16D. The number of aliphatic hydroxyl groups is 2. The number of fused-ring (bicyclic) bond motifs is 1. The highest BCUT2D eigenvalue weighted by molar-refractivity contribution is 5.30. The van der Waals surface area contributed by atoms with Crippen LogP contribution in [0.3, 0.4) is 0 Å². The summed E-state index contributed by atoms with van der Waals surface area (Å²) in [6.07, 6.45) is -11.5. The van der Waals surface area contributed by atoms with Crippen LogP contribution in [-0.2, 0) is 0 Å². The molecule has 0 amide bonds. The van der Waals surface area contributed by atoms with Crippen molar-refractivity contribution in [2.24, 2.45) is 11.3 Å². The SMILES string of the molecule is [2H]C1(O)CC[C@@]2(C)CC[C@@H](C(C)(C)O)CC2=C1C([2H])([2H])C([2H])([2H])C([2H])([2H])C([2H])([2H])[2H]. The monoisotopic (exact) mass is 290 g/mol. The van der Waals surface area contributed by atoms with Crippen molar-refractivity contribution in [2.45, 2.75) is 90.5 Å². The molecule has 1 unspecified atom stereocenters. The number of allylic oxidation sites excluding steroid dienone is 1. The first kappa shape index (κ1) is 7.28. The average molecular weight is 291 g/mol. The topological polar surface area (TPSA) is 40.5 Å². The van der Waals surface area contributed by atoms with Crippen molar-refractivity contribution in [1.82, 2.24) is 0 Å². The van der Waals surface area contributed by atoms with Gasteiger partial charge in [0.05, 0.1) is 13.1 Å². The Bertz CT molecular complexity index is 717. The van der Waals surface area contributed by atoms with Crippen molar-refractivity contribution in [3.05, 3.63) is 11.1 Å². The maximum Gasteiger partial charge on any atom is 0.0753 e. The molecular weight excluding hydrogens is 248 g/mol. The van der Waals surface area contributed by atoms with Gasteiger partial charge in [-0.3, -0.25) is 0 Å². The maximum absolute atomic E-state index is 10.8. The first-order valence-corrected chi connectivity index (χ1v) is 7.22. The second-order valence-corrected chi connectivity index (χ2v) is 6.83. The fourth-order valence-corrected chi connectivity index (χ4v) is 3.46. The van der Waals surface area contributed by atoms with Crippen LogP contribution in [-0.4, -0.2) is 21.9 Å². The normalized spacial score (nSPS) is 49.0. The largest absolute Gasteiger partial charge is 0.390 e. The molecule has 1 saturated carbocycles. The van der Waals surface area contributed by atoms with Crippen LogP contribution < -0.4 is 0 Å². The van der Waals surface area contributed by atoms with Crippen LogP contribution in [0.25, 0.3) is 0 Å². The van der Waals surface area contributed by atoms with E-state index in [0.29, 0.717) is 24.8 Å². The summed E-state index contributed by atoms with van der Waals surface area (Å²) >= 11 is 0. The van der Waals surface area contributed by atoms with E-state index in [-0.39, 0.29) is 18.8 Å². The Morgan fingerprint density at radius 3 is 2.80 bits per heavy atom. The van der Waals surface area contributed by atoms with Gasteiger partial charge in [-0.15, -0.1) is 0 Å². The Labute approximate surface area is 138 Å². The lowest BCUT2D eigenvalue weighted by molar-refractivity contribution is -0.00760. The Morgan fingerprint density at radius 1 is 1.45 bits per heavy atom. The Hall–Kier alpha value is -0.340. The number of hydrogen-bond donors (Lipinski definition) is 2. The smallest absolute Gasteiger partial charge is 0.0753 e.